The Bertz CT molecular complexity index is 1830. The Hall–Kier alpha value is -4.44. The molecule has 1 saturated heterocycles. The highest BCUT2D eigenvalue weighted by Gasteiger charge is 2.46. The molecule has 1 amide bonds. The van der Waals surface area contributed by atoms with E-state index in [1.54, 1.807) is 0 Å². The number of morpholine rings is 1. The second-order valence-corrected chi connectivity index (χ2v) is 11.9. The lowest BCUT2D eigenvalue weighted by Crippen LogP contribution is -2.53. The number of ether oxygens (including phenoxy) is 3. The van der Waals surface area contributed by atoms with E-state index in [-0.39, 0.29) is 55.3 Å². The van der Waals surface area contributed by atoms with Gasteiger partial charge in [0.15, 0.2) is 0 Å². The number of halogens is 7. The average molecular weight is 700 g/mol. The number of anilines is 1. The van der Waals surface area contributed by atoms with Crippen LogP contribution in [0.5, 0.6) is 0 Å². The summed E-state index contributed by atoms with van der Waals surface area (Å²) in [6, 6.07) is 2.24. The number of aryl methyl sites for hydroxylation is 2. The van der Waals surface area contributed by atoms with Crippen molar-refractivity contribution in [1.82, 2.24) is 9.88 Å². The van der Waals surface area contributed by atoms with Gasteiger partial charge >= 0.3 is 18.3 Å². The quantitative estimate of drug-likeness (QED) is 0.270. The van der Waals surface area contributed by atoms with Crippen LogP contribution in [0.2, 0.25) is 0 Å². The van der Waals surface area contributed by atoms with Crippen molar-refractivity contribution in [2.75, 3.05) is 31.8 Å². The van der Waals surface area contributed by atoms with Crippen LogP contribution in [0.4, 0.5) is 36.4 Å². The number of rotatable bonds is 7. The molecule has 9 nitrogen and oxygen atoms in total. The number of hydrogen-bond donors (Lipinski definition) is 1. The predicted molar refractivity (Wildman–Crippen MR) is 161 cm³/mol. The van der Waals surface area contributed by atoms with Gasteiger partial charge in [-0.15, -0.1) is 0 Å². The fourth-order valence-electron chi connectivity index (χ4n) is 6.22. The largest absolute Gasteiger partial charge is 0.467 e. The topological polar surface area (TPSA) is 99.1 Å². The molecule has 2 atom stereocenters. The van der Waals surface area contributed by atoms with Gasteiger partial charge in [0.05, 0.1) is 50.2 Å². The SMILES string of the molecule is COC(=O)[C@H](Cc1ccc(-c2c(C(F)(F)F)cc(C)n(C)c2=O)c2c1COC2)NC(=O)c1c(C)cc(N2CCOC[C@@H]2C(F)(F)F)cc1F. The highest BCUT2D eigenvalue weighted by Crippen LogP contribution is 2.40. The summed E-state index contributed by atoms with van der Waals surface area (Å²) in [5.74, 6) is -3.09. The van der Waals surface area contributed by atoms with E-state index in [2.05, 4.69) is 5.32 Å². The van der Waals surface area contributed by atoms with E-state index >= 15 is 4.39 Å². The number of fused-ring (bicyclic) bond motifs is 1. The van der Waals surface area contributed by atoms with Gasteiger partial charge in [-0.2, -0.15) is 26.3 Å². The van der Waals surface area contributed by atoms with Crippen molar-refractivity contribution in [3.63, 3.8) is 0 Å². The molecule has 5 rings (SSSR count). The molecular formula is C33H32F7N3O6. The molecule has 1 aromatic heterocycles. The summed E-state index contributed by atoms with van der Waals surface area (Å²) in [4.78, 5) is 40.3. The van der Waals surface area contributed by atoms with Crippen LogP contribution in [0, 0.1) is 19.7 Å². The molecule has 0 spiro atoms. The van der Waals surface area contributed by atoms with Crippen LogP contribution in [0.1, 0.15) is 43.9 Å². The summed E-state index contributed by atoms with van der Waals surface area (Å²) in [6.45, 7) is 1.70. The number of nitrogens with zero attached hydrogens (tertiary/aromatic N) is 2. The summed E-state index contributed by atoms with van der Waals surface area (Å²) in [5, 5.41) is 2.43. The van der Waals surface area contributed by atoms with Crippen molar-refractivity contribution in [2.45, 2.75) is 57.9 Å². The minimum Gasteiger partial charge on any atom is -0.467 e. The van der Waals surface area contributed by atoms with Crippen molar-refractivity contribution in [1.29, 1.82) is 0 Å². The molecular weight excluding hydrogens is 667 g/mol. The second-order valence-electron chi connectivity index (χ2n) is 11.9. The first-order chi connectivity index (χ1) is 22.9. The number of methoxy groups -OCH3 is 1. The van der Waals surface area contributed by atoms with Crippen molar-refractivity contribution in [3.8, 4) is 11.1 Å². The van der Waals surface area contributed by atoms with Crippen molar-refractivity contribution < 1.29 is 54.5 Å². The molecule has 1 N–H and O–H groups in total. The molecule has 2 aliphatic heterocycles. The second kappa shape index (κ2) is 13.5. The van der Waals surface area contributed by atoms with Crippen LogP contribution in [0.15, 0.2) is 35.1 Å². The Morgan fingerprint density at radius 1 is 1.04 bits per heavy atom. The normalized spacial score (nSPS) is 17.1. The van der Waals surface area contributed by atoms with Gasteiger partial charge in [0.2, 0.25) is 0 Å². The first kappa shape index (κ1) is 35.9. The van der Waals surface area contributed by atoms with E-state index in [1.165, 1.54) is 39.1 Å². The predicted octanol–water partition coefficient (Wildman–Crippen LogP) is 5.14. The lowest BCUT2D eigenvalue weighted by Gasteiger charge is -2.38. The van der Waals surface area contributed by atoms with Crippen LogP contribution in [0.25, 0.3) is 11.1 Å². The Kier molecular flexibility index (Phi) is 9.85. The van der Waals surface area contributed by atoms with Gasteiger partial charge in [-0.25, -0.2) is 9.18 Å². The zero-order chi connectivity index (χ0) is 36.0. The fourth-order valence-corrected chi connectivity index (χ4v) is 6.22. The summed E-state index contributed by atoms with van der Waals surface area (Å²) >= 11 is 0. The molecule has 16 heteroatoms. The molecule has 264 valence electrons. The third-order valence-electron chi connectivity index (χ3n) is 8.82. The Balaban J connectivity index is 1.47. The van der Waals surface area contributed by atoms with Crippen molar-refractivity contribution >= 4 is 17.6 Å². The molecule has 0 aliphatic carbocycles. The van der Waals surface area contributed by atoms with Crippen LogP contribution >= 0.6 is 0 Å². The lowest BCUT2D eigenvalue weighted by molar-refractivity contribution is -0.167. The number of carbonyl (C=O) groups excluding carboxylic acids is 2. The Labute approximate surface area is 275 Å². The number of amides is 1. The number of aromatic nitrogens is 1. The fraction of sp³-hybridized carbons (Fsp3) is 0.424. The van der Waals surface area contributed by atoms with Gasteiger partial charge in [0.1, 0.15) is 17.9 Å². The standard InChI is InChI=1S/C33H32F7N3O6/c1-16-9-19(43-7-8-48-15-26(43)33(38,39)40)12-24(34)27(16)29(44)41-25(31(46)47-4)11-18-5-6-20(22-14-49-13-21(18)22)28-23(32(35,36)37)10-17(2)42(3)30(28)45/h5-6,9-10,12,25-26H,7-8,11,13-15H2,1-4H3,(H,41,44)/t25-,26+/m0/s1. The molecule has 0 radical (unpaired) electrons. The third-order valence-corrected chi connectivity index (χ3v) is 8.82. The molecule has 2 aliphatic rings. The smallest absolute Gasteiger partial charge is 0.417 e. The molecule has 3 aromatic rings. The van der Waals surface area contributed by atoms with E-state index in [1.807, 2.05) is 0 Å². The number of alkyl halides is 6. The minimum absolute atomic E-state index is 0.00215. The van der Waals surface area contributed by atoms with Crippen LogP contribution < -0.4 is 15.8 Å². The number of carbonyl (C=O) groups is 2. The zero-order valence-electron chi connectivity index (χ0n) is 26.8. The first-order valence-corrected chi connectivity index (χ1v) is 15.0. The van der Waals surface area contributed by atoms with Crippen LogP contribution in [-0.2, 0) is 51.9 Å². The van der Waals surface area contributed by atoms with Crippen molar-refractivity contribution in [2.24, 2.45) is 7.05 Å². The van der Waals surface area contributed by atoms with E-state index in [4.69, 9.17) is 14.2 Å². The molecule has 0 bridgehead atoms. The van der Waals surface area contributed by atoms with E-state index < -0.39 is 71.0 Å². The van der Waals surface area contributed by atoms with Gasteiger partial charge in [0, 0.05) is 31.4 Å². The maximum Gasteiger partial charge on any atom is 0.417 e. The molecule has 3 heterocycles. The minimum atomic E-state index is -4.84. The van der Waals surface area contributed by atoms with Gasteiger partial charge in [-0.3, -0.25) is 9.59 Å². The summed E-state index contributed by atoms with van der Waals surface area (Å²) < 4.78 is 115. The Morgan fingerprint density at radius 3 is 2.37 bits per heavy atom. The number of hydrogen-bond acceptors (Lipinski definition) is 7. The van der Waals surface area contributed by atoms with Gasteiger partial charge in [-0.1, -0.05) is 12.1 Å². The maximum atomic E-state index is 15.4. The van der Waals surface area contributed by atoms with Crippen molar-refractivity contribution in [3.05, 3.63) is 85.6 Å². The van der Waals surface area contributed by atoms with Gasteiger partial charge < -0.3 is 29.0 Å². The number of pyridine rings is 1. The van der Waals surface area contributed by atoms with Gasteiger partial charge in [0.25, 0.3) is 11.5 Å². The highest BCUT2D eigenvalue weighted by molar-refractivity contribution is 5.98. The van der Waals surface area contributed by atoms with Crippen LogP contribution in [0.3, 0.4) is 0 Å². The Morgan fingerprint density at radius 2 is 1.73 bits per heavy atom. The molecule has 49 heavy (non-hydrogen) atoms. The molecule has 1 fully saturated rings. The highest BCUT2D eigenvalue weighted by atomic mass is 19.4. The van der Waals surface area contributed by atoms with Crippen LogP contribution in [-0.4, -0.2) is 61.6 Å². The van der Waals surface area contributed by atoms with Gasteiger partial charge in [-0.05, 0) is 59.9 Å². The molecule has 0 saturated carbocycles. The van der Waals surface area contributed by atoms with E-state index in [0.29, 0.717) is 16.7 Å². The third kappa shape index (κ3) is 7.02. The van der Waals surface area contributed by atoms with E-state index in [9.17, 15) is 40.7 Å². The summed E-state index contributed by atoms with van der Waals surface area (Å²) in [7, 11) is 2.42. The lowest BCUT2D eigenvalue weighted by atomic mass is 9.89. The zero-order valence-corrected chi connectivity index (χ0v) is 26.8. The summed E-state index contributed by atoms with van der Waals surface area (Å²) in [5.41, 5.74) is -1.92. The summed E-state index contributed by atoms with van der Waals surface area (Å²) in [6.07, 6.45) is -9.75. The number of esters is 1. The first-order valence-electron chi connectivity index (χ1n) is 15.0. The average Bonchev–Trinajstić information content (AvgIpc) is 3.53. The molecule has 2 aromatic carbocycles. The maximum absolute atomic E-state index is 15.4. The monoisotopic (exact) mass is 699 g/mol. The van der Waals surface area contributed by atoms with E-state index in [0.717, 1.165) is 28.7 Å². The number of nitrogens with one attached hydrogen (secondary N) is 1. The molecule has 0 unspecified atom stereocenters. The number of benzene rings is 2.